The van der Waals surface area contributed by atoms with E-state index in [2.05, 4.69) is 0 Å². The van der Waals surface area contributed by atoms with Crippen LogP contribution in [-0.4, -0.2) is 41.4 Å². The molecule has 0 aromatic rings. The lowest BCUT2D eigenvalue weighted by Crippen LogP contribution is -2.48. The van der Waals surface area contributed by atoms with Gasteiger partial charge in [-0.05, 0) is 26.7 Å². The van der Waals surface area contributed by atoms with Crippen molar-refractivity contribution in [2.75, 3.05) is 6.54 Å². The van der Waals surface area contributed by atoms with E-state index in [0.29, 0.717) is 0 Å². The van der Waals surface area contributed by atoms with E-state index >= 15 is 0 Å². The van der Waals surface area contributed by atoms with Crippen molar-refractivity contribution in [2.45, 2.75) is 38.9 Å². The van der Waals surface area contributed by atoms with Gasteiger partial charge in [0.05, 0.1) is 23.0 Å². The molecule has 98 valence electrons. The number of carbonyl (C=O) groups is 3. The molecule has 3 aliphatic rings. The van der Waals surface area contributed by atoms with Gasteiger partial charge in [-0.25, -0.2) is 0 Å². The van der Waals surface area contributed by atoms with Gasteiger partial charge in [0.15, 0.2) is 0 Å². The van der Waals surface area contributed by atoms with Crippen LogP contribution >= 0.6 is 0 Å². The molecule has 4 atom stereocenters. The largest absolute Gasteiger partial charge is 0.373 e. The second kappa shape index (κ2) is 3.12. The van der Waals surface area contributed by atoms with Gasteiger partial charge in [-0.15, -0.1) is 0 Å². The average Bonchev–Trinajstić information content (AvgIpc) is 2.90. The number of amides is 3. The normalized spacial score (nSPS) is 45.8. The Bertz CT molecular complexity index is 443. The summed E-state index contributed by atoms with van der Waals surface area (Å²) in [7, 11) is 0. The van der Waals surface area contributed by atoms with E-state index < -0.39 is 16.7 Å². The summed E-state index contributed by atoms with van der Waals surface area (Å²) in [5.41, 5.74) is 3.41. The lowest BCUT2D eigenvalue weighted by Gasteiger charge is -2.36. The van der Waals surface area contributed by atoms with E-state index in [-0.39, 0.29) is 30.6 Å². The number of nitrogens with zero attached hydrogens (tertiary/aromatic N) is 1. The standard InChI is InChI=1S/C12H16N2O4/c1-11-6-3-4-7(18-6)12(11,2)10(17)14(9(11)16)5-8(13)15/h6-7H,3-5H2,1-2H3,(H2,13,15)/t6-,7+,11+,12-. The summed E-state index contributed by atoms with van der Waals surface area (Å²) in [6, 6.07) is 0. The van der Waals surface area contributed by atoms with Gasteiger partial charge in [0.2, 0.25) is 17.7 Å². The first kappa shape index (κ1) is 11.6. The van der Waals surface area contributed by atoms with Crippen LogP contribution in [-0.2, 0) is 19.1 Å². The third-order valence-electron chi connectivity index (χ3n) is 5.08. The van der Waals surface area contributed by atoms with Crippen molar-refractivity contribution in [3.8, 4) is 0 Å². The summed E-state index contributed by atoms with van der Waals surface area (Å²) in [5.74, 6) is -1.31. The zero-order chi connectivity index (χ0) is 13.3. The molecule has 0 spiro atoms. The maximum absolute atomic E-state index is 12.5. The van der Waals surface area contributed by atoms with Crippen molar-refractivity contribution in [3.05, 3.63) is 0 Å². The number of primary amides is 1. The second-order valence-electron chi connectivity index (χ2n) is 5.76. The van der Waals surface area contributed by atoms with Gasteiger partial charge in [0, 0.05) is 0 Å². The van der Waals surface area contributed by atoms with Gasteiger partial charge in [-0.2, -0.15) is 0 Å². The molecule has 3 fully saturated rings. The van der Waals surface area contributed by atoms with Crippen molar-refractivity contribution >= 4 is 17.7 Å². The summed E-state index contributed by atoms with van der Waals surface area (Å²) in [6.07, 6.45) is 1.14. The lowest BCUT2D eigenvalue weighted by molar-refractivity contribution is -0.147. The predicted octanol–water partition coefficient (Wildman–Crippen LogP) is -0.586. The van der Waals surface area contributed by atoms with Crippen molar-refractivity contribution in [1.29, 1.82) is 0 Å². The number of rotatable bonds is 2. The van der Waals surface area contributed by atoms with Gasteiger partial charge in [-0.3, -0.25) is 19.3 Å². The van der Waals surface area contributed by atoms with Crippen molar-refractivity contribution in [1.82, 2.24) is 4.90 Å². The first-order chi connectivity index (χ1) is 8.33. The zero-order valence-electron chi connectivity index (χ0n) is 10.4. The summed E-state index contributed by atoms with van der Waals surface area (Å²) < 4.78 is 5.75. The van der Waals surface area contributed by atoms with Crippen molar-refractivity contribution < 1.29 is 19.1 Å². The maximum atomic E-state index is 12.5. The molecule has 18 heavy (non-hydrogen) atoms. The number of ether oxygens (including phenoxy) is 1. The van der Waals surface area contributed by atoms with Crippen LogP contribution in [0.3, 0.4) is 0 Å². The number of fused-ring (bicyclic) bond motifs is 5. The number of imide groups is 1. The summed E-state index contributed by atoms with van der Waals surface area (Å²) in [4.78, 5) is 36.9. The zero-order valence-corrected chi connectivity index (χ0v) is 10.4. The smallest absolute Gasteiger partial charge is 0.239 e. The summed E-state index contributed by atoms with van der Waals surface area (Å²) in [6.45, 7) is 3.22. The molecule has 3 heterocycles. The van der Waals surface area contributed by atoms with Crippen LogP contribution in [0.4, 0.5) is 0 Å². The number of nitrogens with two attached hydrogens (primary N) is 1. The summed E-state index contributed by atoms with van der Waals surface area (Å²) >= 11 is 0. The number of hydrogen-bond donors (Lipinski definition) is 1. The fourth-order valence-electron chi connectivity index (χ4n) is 3.83. The van der Waals surface area contributed by atoms with Crippen molar-refractivity contribution in [2.24, 2.45) is 16.6 Å². The third kappa shape index (κ3) is 0.971. The van der Waals surface area contributed by atoms with Gasteiger partial charge in [0.1, 0.15) is 6.54 Å². The highest BCUT2D eigenvalue weighted by Gasteiger charge is 2.77. The molecule has 6 heteroatoms. The SMILES string of the molecule is C[C@@]12C(=O)N(CC(N)=O)C(=O)[C@]1(C)[C@H]1CC[C@@H]2O1. The minimum Gasteiger partial charge on any atom is -0.373 e. The van der Waals surface area contributed by atoms with Crippen LogP contribution in [0.2, 0.25) is 0 Å². The molecule has 0 aromatic heterocycles. The third-order valence-corrected chi connectivity index (χ3v) is 5.08. The molecule has 3 amide bonds. The lowest BCUT2D eigenvalue weighted by atomic mass is 9.59. The molecule has 2 N–H and O–H groups in total. The number of likely N-dealkylation sites (tertiary alicyclic amines) is 1. The monoisotopic (exact) mass is 252 g/mol. The Hall–Kier alpha value is -1.43. The van der Waals surface area contributed by atoms with Crippen molar-refractivity contribution in [3.63, 3.8) is 0 Å². The van der Waals surface area contributed by atoms with E-state index in [1.54, 1.807) is 13.8 Å². The fourth-order valence-corrected chi connectivity index (χ4v) is 3.83. The fraction of sp³-hybridized carbons (Fsp3) is 0.750. The predicted molar refractivity (Wildman–Crippen MR) is 60.0 cm³/mol. The highest BCUT2D eigenvalue weighted by Crippen LogP contribution is 2.64. The average molecular weight is 252 g/mol. The first-order valence-electron chi connectivity index (χ1n) is 6.13. The van der Waals surface area contributed by atoms with Crippen LogP contribution in [0, 0.1) is 10.8 Å². The minimum absolute atomic E-state index is 0.221. The highest BCUT2D eigenvalue weighted by molar-refractivity contribution is 6.12. The Labute approximate surface area is 104 Å². The van der Waals surface area contributed by atoms with E-state index in [9.17, 15) is 14.4 Å². The quantitative estimate of drug-likeness (QED) is 0.665. The molecule has 6 nitrogen and oxygen atoms in total. The van der Waals surface area contributed by atoms with E-state index in [1.807, 2.05) is 0 Å². The van der Waals surface area contributed by atoms with Gasteiger partial charge in [0.25, 0.3) is 0 Å². The van der Waals surface area contributed by atoms with E-state index in [1.165, 1.54) is 0 Å². The highest BCUT2D eigenvalue weighted by atomic mass is 16.5. The molecule has 2 bridgehead atoms. The van der Waals surface area contributed by atoms with Crippen LogP contribution in [0.5, 0.6) is 0 Å². The molecule has 3 saturated heterocycles. The molecule has 0 unspecified atom stereocenters. The van der Waals surface area contributed by atoms with Crippen LogP contribution < -0.4 is 5.73 Å². The van der Waals surface area contributed by atoms with Crippen LogP contribution in [0.15, 0.2) is 0 Å². The molecule has 0 aliphatic carbocycles. The van der Waals surface area contributed by atoms with E-state index in [4.69, 9.17) is 10.5 Å². The molecule has 0 aromatic carbocycles. The molecular formula is C12H16N2O4. The van der Waals surface area contributed by atoms with Crippen LogP contribution in [0.1, 0.15) is 26.7 Å². The molecule has 3 rings (SSSR count). The first-order valence-corrected chi connectivity index (χ1v) is 6.13. The summed E-state index contributed by atoms with van der Waals surface area (Å²) in [5, 5.41) is 0. The maximum Gasteiger partial charge on any atom is 0.239 e. The second-order valence-corrected chi connectivity index (χ2v) is 5.76. The Balaban J connectivity index is 2.07. The van der Waals surface area contributed by atoms with Crippen LogP contribution in [0.25, 0.3) is 0 Å². The van der Waals surface area contributed by atoms with Gasteiger partial charge < -0.3 is 10.5 Å². The number of carbonyl (C=O) groups excluding carboxylic acids is 3. The Morgan fingerprint density at radius 2 is 1.72 bits per heavy atom. The molecule has 3 aliphatic heterocycles. The molecule has 0 radical (unpaired) electrons. The molecule has 0 saturated carbocycles. The minimum atomic E-state index is -0.845. The van der Waals surface area contributed by atoms with Gasteiger partial charge in [-0.1, -0.05) is 0 Å². The van der Waals surface area contributed by atoms with E-state index in [0.717, 1.165) is 17.7 Å². The molecular weight excluding hydrogens is 236 g/mol. The number of hydrogen-bond acceptors (Lipinski definition) is 4. The Kier molecular flexibility index (Phi) is 2.02. The Morgan fingerprint density at radius 1 is 1.28 bits per heavy atom. The Morgan fingerprint density at radius 3 is 2.11 bits per heavy atom. The van der Waals surface area contributed by atoms with Gasteiger partial charge >= 0.3 is 0 Å². The topological polar surface area (TPSA) is 89.7 Å².